The molecule has 2 fully saturated rings. The maximum absolute atomic E-state index is 9.58. The first-order valence-corrected chi connectivity index (χ1v) is 7.72. The van der Waals surface area contributed by atoms with Crippen LogP contribution in [-0.2, 0) is 0 Å². The van der Waals surface area contributed by atoms with Crippen LogP contribution in [0.4, 0.5) is 0 Å². The Hall–Kier alpha value is 0.660. The third-order valence-corrected chi connectivity index (χ3v) is 5.53. The Bertz CT molecular complexity index is 214. The van der Waals surface area contributed by atoms with Crippen molar-refractivity contribution in [2.45, 2.75) is 68.0 Å². The number of hydrogen-bond acceptors (Lipinski definition) is 3. The van der Waals surface area contributed by atoms with Crippen molar-refractivity contribution < 1.29 is 5.11 Å². The molecule has 0 saturated heterocycles. The van der Waals surface area contributed by atoms with Gasteiger partial charge in [-0.25, -0.2) is 0 Å². The van der Waals surface area contributed by atoms with Gasteiger partial charge in [0.1, 0.15) is 0 Å². The number of thiol groups is 2. The maximum atomic E-state index is 9.58. The van der Waals surface area contributed by atoms with Crippen molar-refractivity contribution >= 4 is 25.3 Å². The summed E-state index contributed by atoms with van der Waals surface area (Å²) < 4.78 is 0. The first-order valence-electron chi connectivity index (χ1n) is 6.69. The average Bonchev–Trinajstić information content (AvgIpc) is 2.25. The summed E-state index contributed by atoms with van der Waals surface area (Å²) in [4.78, 5) is 0. The van der Waals surface area contributed by atoms with Gasteiger partial charge in [0, 0.05) is 10.5 Å². The molecule has 0 aromatic carbocycles. The van der Waals surface area contributed by atoms with Crippen molar-refractivity contribution in [3.63, 3.8) is 0 Å². The van der Waals surface area contributed by atoms with E-state index in [4.69, 9.17) is 0 Å². The molecule has 1 N–H and O–H groups in total. The topological polar surface area (TPSA) is 20.2 Å². The smallest absolute Gasteiger partial charge is 0.0551 e. The SMILES string of the molecule is OC1CCC(CC2CCC(S)CC2)C(S)C1. The first-order chi connectivity index (χ1) is 7.65. The molecule has 94 valence electrons. The zero-order valence-corrected chi connectivity index (χ0v) is 11.7. The third-order valence-electron chi connectivity index (χ3n) is 4.38. The second-order valence-electron chi connectivity index (χ2n) is 5.70. The Morgan fingerprint density at radius 3 is 2.25 bits per heavy atom. The number of aliphatic hydroxyl groups is 1. The predicted octanol–water partition coefficient (Wildman–Crippen LogP) is 3.32. The van der Waals surface area contributed by atoms with Gasteiger partial charge in [0.2, 0.25) is 0 Å². The molecule has 0 radical (unpaired) electrons. The molecule has 0 aromatic rings. The predicted molar refractivity (Wildman–Crippen MR) is 75.5 cm³/mol. The van der Waals surface area contributed by atoms with Crippen LogP contribution in [-0.4, -0.2) is 21.7 Å². The molecule has 0 heterocycles. The number of aliphatic hydroxyl groups excluding tert-OH is 1. The van der Waals surface area contributed by atoms with E-state index in [1.54, 1.807) is 0 Å². The molecule has 1 nitrogen and oxygen atoms in total. The van der Waals surface area contributed by atoms with Gasteiger partial charge in [-0.3, -0.25) is 0 Å². The lowest BCUT2D eigenvalue weighted by Gasteiger charge is -2.35. The zero-order valence-electron chi connectivity index (χ0n) is 9.89. The summed E-state index contributed by atoms with van der Waals surface area (Å²) in [5, 5.41) is 10.7. The van der Waals surface area contributed by atoms with Gasteiger partial charge in [0.25, 0.3) is 0 Å². The molecule has 3 unspecified atom stereocenters. The van der Waals surface area contributed by atoms with E-state index in [1.807, 2.05) is 0 Å². The van der Waals surface area contributed by atoms with Crippen LogP contribution >= 0.6 is 25.3 Å². The van der Waals surface area contributed by atoms with Gasteiger partial charge in [-0.15, -0.1) is 0 Å². The second kappa shape index (κ2) is 6.01. The van der Waals surface area contributed by atoms with Crippen LogP contribution in [0.25, 0.3) is 0 Å². The molecule has 0 amide bonds. The maximum Gasteiger partial charge on any atom is 0.0551 e. The Morgan fingerprint density at radius 2 is 1.62 bits per heavy atom. The molecule has 3 heteroatoms. The molecular weight excluding hydrogens is 236 g/mol. The Kier molecular flexibility index (Phi) is 4.92. The number of rotatable bonds is 2. The fraction of sp³-hybridized carbons (Fsp3) is 1.00. The van der Waals surface area contributed by atoms with Gasteiger partial charge in [-0.2, -0.15) is 25.3 Å². The van der Waals surface area contributed by atoms with Crippen molar-refractivity contribution in [2.75, 3.05) is 0 Å². The van der Waals surface area contributed by atoms with Crippen LogP contribution in [0, 0.1) is 11.8 Å². The molecule has 2 aliphatic carbocycles. The molecule has 2 saturated carbocycles. The van der Waals surface area contributed by atoms with Crippen LogP contribution in [0.1, 0.15) is 51.4 Å². The van der Waals surface area contributed by atoms with Crippen LogP contribution in [0.15, 0.2) is 0 Å². The minimum absolute atomic E-state index is 0.0908. The lowest BCUT2D eigenvalue weighted by atomic mass is 9.76. The molecule has 2 rings (SSSR count). The Balaban J connectivity index is 1.76. The van der Waals surface area contributed by atoms with Crippen LogP contribution < -0.4 is 0 Å². The quantitative estimate of drug-likeness (QED) is 0.651. The van der Waals surface area contributed by atoms with Crippen molar-refractivity contribution in [1.29, 1.82) is 0 Å². The molecule has 2 aliphatic rings. The fourth-order valence-corrected chi connectivity index (χ4v) is 4.08. The van der Waals surface area contributed by atoms with Gasteiger partial charge in [0.05, 0.1) is 6.10 Å². The average molecular weight is 260 g/mol. The Labute approximate surface area is 110 Å². The van der Waals surface area contributed by atoms with E-state index < -0.39 is 0 Å². The minimum Gasteiger partial charge on any atom is -0.393 e. The zero-order chi connectivity index (χ0) is 11.5. The van der Waals surface area contributed by atoms with Gasteiger partial charge in [-0.1, -0.05) is 0 Å². The van der Waals surface area contributed by atoms with E-state index >= 15 is 0 Å². The summed E-state index contributed by atoms with van der Waals surface area (Å²) in [7, 11) is 0. The molecule has 0 aliphatic heterocycles. The summed E-state index contributed by atoms with van der Waals surface area (Å²) in [6, 6.07) is 0. The molecule has 3 atom stereocenters. The lowest BCUT2D eigenvalue weighted by Crippen LogP contribution is -2.30. The highest BCUT2D eigenvalue weighted by Gasteiger charge is 2.30. The second-order valence-corrected chi connectivity index (χ2v) is 7.10. The summed E-state index contributed by atoms with van der Waals surface area (Å²) >= 11 is 9.21. The van der Waals surface area contributed by atoms with Crippen LogP contribution in [0.5, 0.6) is 0 Å². The summed E-state index contributed by atoms with van der Waals surface area (Å²) in [5.41, 5.74) is 0. The highest BCUT2D eigenvalue weighted by Crippen LogP contribution is 2.38. The Morgan fingerprint density at radius 1 is 0.938 bits per heavy atom. The highest BCUT2D eigenvalue weighted by molar-refractivity contribution is 7.81. The van der Waals surface area contributed by atoms with E-state index in [-0.39, 0.29) is 6.10 Å². The molecule has 16 heavy (non-hydrogen) atoms. The van der Waals surface area contributed by atoms with Crippen molar-refractivity contribution in [3.05, 3.63) is 0 Å². The van der Waals surface area contributed by atoms with Crippen molar-refractivity contribution in [3.8, 4) is 0 Å². The molecular formula is C13H24OS2. The summed E-state index contributed by atoms with van der Waals surface area (Å²) in [6.45, 7) is 0. The summed E-state index contributed by atoms with van der Waals surface area (Å²) in [5.74, 6) is 1.64. The molecule has 0 spiro atoms. The van der Waals surface area contributed by atoms with Crippen molar-refractivity contribution in [1.82, 2.24) is 0 Å². The highest BCUT2D eigenvalue weighted by atomic mass is 32.1. The largest absolute Gasteiger partial charge is 0.393 e. The minimum atomic E-state index is -0.0908. The van der Waals surface area contributed by atoms with Crippen LogP contribution in [0.3, 0.4) is 0 Å². The normalized spacial score (nSPS) is 45.6. The summed E-state index contributed by atoms with van der Waals surface area (Å²) in [6.07, 6.45) is 9.60. The van der Waals surface area contributed by atoms with Gasteiger partial charge < -0.3 is 5.11 Å². The first kappa shape index (κ1) is 13.1. The molecule has 0 aromatic heterocycles. The van der Waals surface area contributed by atoms with E-state index in [0.29, 0.717) is 10.5 Å². The van der Waals surface area contributed by atoms with Gasteiger partial charge in [0.15, 0.2) is 0 Å². The van der Waals surface area contributed by atoms with Gasteiger partial charge in [-0.05, 0) is 63.2 Å². The molecule has 0 bridgehead atoms. The van der Waals surface area contributed by atoms with E-state index in [1.165, 1.54) is 38.5 Å². The van der Waals surface area contributed by atoms with Gasteiger partial charge >= 0.3 is 0 Å². The van der Waals surface area contributed by atoms with Crippen molar-refractivity contribution in [2.24, 2.45) is 11.8 Å². The van der Waals surface area contributed by atoms with E-state index in [9.17, 15) is 5.11 Å². The fourth-order valence-electron chi connectivity index (χ4n) is 3.27. The lowest BCUT2D eigenvalue weighted by molar-refractivity contribution is 0.104. The van der Waals surface area contributed by atoms with E-state index in [2.05, 4.69) is 25.3 Å². The van der Waals surface area contributed by atoms with E-state index in [0.717, 1.165) is 24.7 Å². The monoisotopic (exact) mass is 260 g/mol. The van der Waals surface area contributed by atoms with Crippen LogP contribution in [0.2, 0.25) is 0 Å². The number of hydrogen-bond donors (Lipinski definition) is 3. The standard InChI is InChI=1S/C13H24OS2/c14-11-4-3-10(13(16)8-11)7-9-1-5-12(15)6-2-9/h9-16H,1-8H2. The third kappa shape index (κ3) is 3.58.